The van der Waals surface area contributed by atoms with E-state index in [1.54, 1.807) is 0 Å². The molecule has 1 saturated heterocycles. The predicted octanol–water partition coefficient (Wildman–Crippen LogP) is 3.86. The predicted molar refractivity (Wildman–Crippen MR) is 132 cm³/mol. The smallest absolute Gasteiger partial charge is 0.241 e. The van der Waals surface area contributed by atoms with Crippen LogP contribution in [-0.2, 0) is 4.74 Å². The van der Waals surface area contributed by atoms with Crippen molar-refractivity contribution in [1.29, 1.82) is 0 Å². The zero-order chi connectivity index (χ0) is 22.9. The van der Waals surface area contributed by atoms with Crippen molar-refractivity contribution in [3.05, 3.63) is 36.3 Å². The van der Waals surface area contributed by atoms with Gasteiger partial charge in [-0.3, -0.25) is 0 Å². The first-order valence-electron chi connectivity index (χ1n) is 12.8. The molecular formula is C26H34N6O2. The number of nitrogens with one attached hydrogen (secondary N) is 1. The molecule has 0 aromatic carbocycles. The van der Waals surface area contributed by atoms with Crippen molar-refractivity contribution in [2.45, 2.75) is 57.0 Å². The minimum atomic E-state index is -0.174. The lowest BCUT2D eigenvalue weighted by Crippen LogP contribution is -2.36. The number of nitrogens with zero attached hydrogens (tertiary/aromatic N) is 5. The van der Waals surface area contributed by atoms with Crippen LogP contribution in [0, 0.1) is 5.92 Å². The fraction of sp³-hybridized carbons (Fsp3) is 0.577. The van der Waals surface area contributed by atoms with Crippen molar-refractivity contribution < 1.29 is 9.84 Å². The third kappa shape index (κ3) is 4.61. The quantitative estimate of drug-likeness (QED) is 0.551. The van der Waals surface area contributed by atoms with Gasteiger partial charge in [0.1, 0.15) is 5.82 Å². The number of fused-ring (bicyclic) bond motifs is 1. The first-order valence-corrected chi connectivity index (χ1v) is 12.8. The summed E-state index contributed by atoms with van der Waals surface area (Å²) in [5.74, 6) is 2.95. The molecule has 3 aromatic heterocycles. The highest BCUT2D eigenvalue weighted by Crippen LogP contribution is 2.38. The van der Waals surface area contributed by atoms with E-state index in [0.29, 0.717) is 11.9 Å². The molecular weight excluding hydrogens is 428 g/mol. The molecule has 2 aliphatic carbocycles. The third-order valence-electron chi connectivity index (χ3n) is 7.58. The van der Waals surface area contributed by atoms with Crippen LogP contribution in [0.4, 0.5) is 11.8 Å². The van der Waals surface area contributed by atoms with Gasteiger partial charge in [0.05, 0.1) is 31.0 Å². The standard InChI is InChI=1S/C26H34N6O2/c33-21-5-3-19(4-6-21)23-16-22(20-8-10-27-25(15-20)31-11-13-34-14-12-31)24-17-29-26(30-32(23)24)28-9-7-18-1-2-18/h8,10,15-19,21,33H,1-7,9,11-14H2,(H,28,30). The highest BCUT2D eigenvalue weighted by atomic mass is 16.5. The second-order valence-corrected chi connectivity index (χ2v) is 10.0. The number of hydrogen-bond acceptors (Lipinski definition) is 7. The summed E-state index contributed by atoms with van der Waals surface area (Å²) < 4.78 is 7.61. The van der Waals surface area contributed by atoms with Crippen molar-refractivity contribution >= 4 is 17.3 Å². The van der Waals surface area contributed by atoms with Crippen molar-refractivity contribution in [2.75, 3.05) is 43.1 Å². The van der Waals surface area contributed by atoms with Gasteiger partial charge >= 0.3 is 0 Å². The molecule has 0 spiro atoms. The molecule has 3 aromatic rings. The molecule has 8 heteroatoms. The van der Waals surface area contributed by atoms with E-state index in [9.17, 15) is 5.11 Å². The van der Waals surface area contributed by atoms with Crippen LogP contribution in [0.25, 0.3) is 16.6 Å². The van der Waals surface area contributed by atoms with Gasteiger partial charge in [-0.15, -0.1) is 5.10 Å². The van der Waals surface area contributed by atoms with E-state index in [0.717, 1.165) is 86.9 Å². The van der Waals surface area contributed by atoms with E-state index in [2.05, 4.69) is 42.9 Å². The number of aliphatic hydroxyl groups excluding tert-OH is 1. The monoisotopic (exact) mass is 462 g/mol. The Kier molecular flexibility index (Phi) is 6.09. The van der Waals surface area contributed by atoms with E-state index >= 15 is 0 Å². The Morgan fingerprint density at radius 2 is 1.85 bits per heavy atom. The van der Waals surface area contributed by atoms with Crippen LogP contribution in [0.1, 0.15) is 56.6 Å². The molecule has 0 atom stereocenters. The lowest BCUT2D eigenvalue weighted by atomic mass is 9.85. The fourth-order valence-corrected chi connectivity index (χ4v) is 5.34. The van der Waals surface area contributed by atoms with Crippen LogP contribution in [0.15, 0.2) is 30.6 Å². The third-order valence-corrected chi connectivity index (χ3v) is 7.58. The van der Waals surface area contributed by atoms with Gasteiger partial charge in [0.25, 0.3) is 0 Å². The van der Waals surface area contributed by atoms with Gasteiger partial charge in [-0.25, -0.2) is 14.5 Å². The molecule has 3 aliphatic rings. The number of ether oxygens (including phenoxy) is 1. The van der Waals surface area contributed by atoms with E-state index in [1.165, 1.54) is 25.0 Å². The van der Waals surface area contributed by atoms with Gasteiger partial charge in [-0.05, 0) is 61.8 Å². The summed E-state index contributed by atoms with van der Waals surface area (Å²) in [6, 6.07) is 6.55. The van der Waals surface area contributed by atoms with E-state index < -0.39 is 0 Å². The van der Waals surface area contributed by atoms with Gasteiger partial charge < -0.3 is 20.1 Å². The maximum absolute atomic E-state index is 10.1. The minimum absolute atomic E-state index is 0.174. The van der Waals surface area contributed by atoms with Gasteiger partial charge in [0, 0.05) is 43.0 Å². The summed E-state index contributed by atoms with van der Waals surface area (Å²) in [6.45, 7) is 4.12. The Bertz CT molecular complexity index is 1130. The SMILES string of the molecule is OC1CCC(c2cc(-c3ccnc(N4CCOCC4)c3)c3cnc(NCCC4CC4)nn23)CC1. The molecule has 8 nitrogen and oxygen atoms in total. The molecule has 1 aliphatic heterocycles. The Labute approximate surface area is 200 Å². The van der Waals surface area contributed by atoms with Crippen LogP contribution in [0.2, 0.25) is 0 Å². The summed E-state index contributed by atoms with van der Waals surface area (Å²) in [4.78, 5) is 11.6. The van der Waals surface area contributed by atoms with Crippen LogP contribution in [-0.4, -0.2) is 63.6 Å². The molecule has 0 radical (unpaired) electrons. The highest BCUT2D eigenvalue weighted by molar-refractivity contribution is 5.82. The summed E-state index contributed by atoms with van der Waals surface area (Å²) in [5, 5.41) is 18.4. The van der Waals surface area contributed by atoms with Crippen LogP contribution < -0.4 is 10.2 Å². The number of morpholine rings is 1. The summed E-state index contributed by atoms with van der Waals surface area (Å²) in [7, 11) is 0. The number of aliphatic hydroxyl groups is 1. The molecule has 3 fully saturated rings. The van der Waals surface area contributed by atoms with Crippen molar-refractivity contribution in [3.8, 4) is 11.1 Å². The highest BCUT2D eigenvalue weighted by Gasteiger charge is 2.26. The van der Waals surface area contributed by atoms with Crippen LogP contribution in [0.5, 0.6) is 0 Å². The maximum Gasteiger partial charge on any atom is 0.241 e. The van der Waals surface area contributed by atoms with E-state index in [4.69, 9.17) is 9.84 Å². The lowest BCUT2D eigenvalue weighted by Gasteiger charge is -2.28. The van der Waals surface area contributed by atoms with Crippen molar-refractivity contribution in [1.82, 2.24) is 19.6 Å². The molecule has 34 heavy (non-hydrogen) atoms. The Morgan fingerprint density at radius 1 is 1.03 bits per heavy atom. The van der Waals surface area contributed by atoms with Crippen molar-refractivity contribution in [3.63, 3.8) is 0 Å². The van der Waals surface area contributed by atoms with E-state index in [1.807, 2.05) is 12.4 Å². The van der Waals surface area contributed by atoms with Gasteiger partial charge in [0.15, 0.2) is 0 Å². The second kappa shape index (κ2) is 9.50. The number of aromatic nitrogens is 4. The van der Waals surface area contributed by atoms with Gasteiger partial charge in [-0.1, -0.05) is 12.8 Å². The summed E-state index contributed by atoms with van der Waals surface area (Å²) in [6.07, 6.45) is 11.2. The normalized spacial score (nSPS) is 23.4. The molecule has 2 N–H and O–H groups in total. The number of hydrogen-bond donors (Lipinski definition) is 2. The first-order chi connectivity index (χ1) is 16.7. The number of anilines is 2. The zero-order valence-electron chi connectivity index (χ0n) is 19.7. The Morgan fingerprint density at radius 3 is 2.65 bits per heavy atom. The van der Waals surface area contributed by atoms with Crippen LogP contribution in [0.3, 0.4) is 0 Å². The molecule has 0 unspecified atom stereocenters. The van der Waals surface area contributed by atoms with E-state index in [-0.39, 0.29) is 6.10 Å². The molecule has 0 amide bonds. The average molecular weight is 463 g/mol. The Hall–Kier alpha value is -2.71. The Balaban J connectivity index is 1.35. The fourth-order valence-electron chi connectivity index (χ4n) is 5.34. The molecule has 180 valence electrons. The molecule has 4 heterocycles. The van der Waals surface area contributed by atoms with Crippen molar-refractivity contribution in [2.24, 2.45) is 5.92 Å². The summed E-state index contributed by atoms with van der Waals surface area (Å²) >= 11 is 0. The number of pyridine rings is 1. The van der Waals surface area contributed by atoms with Gasteiger partial charge in [0.2, 0.25) is 5.95 Å². The second-order valence-electron chi connectivity index (χ2n) is 10.0. The molecule has 0 bridgehead atoms. The average Bonchev–Trinajstić information content (AvgIpc) is 3.63. The zero-order valence-corrected chi connectivity index (χ0v) is 19.7. The lowest BCUT2D eigenvalue weighted by molar-refractivity contribution is 0.121. The molecule has 6 rings (SSSR count). The van der Waals surface area contributed by atoms with Crippen LogP contribution >= 0.6 is 0 Å². The van der Waals surface area contributed by atoms with Gasteiger partial charge in [-0.2, -0.15) is 0 Å². The first kappa shape index (κ1) is 21.8. The summed E-state index contributed by atoms with van der Waals surface area (Å²) in [5.41, 5.74) is 4.51. The maximum atomic E-state index is 10.1. The topological polar surface area (TPSA) is 87.8 Å². The minimum Gasteiger partial charge on any atom is -0.393 e. The largest absolute Gasteiger partial charge is 0.393 e. The number of rotatable bonds is 7. The molecule has 2 saturated carbocycles.